The quantitative estimate of drug-likeness (QED) is 0.660. The van der Waals surface area contributed by atoms with Gasteiger partial charge in [0.05, 0.1) is 0 Å². The average Bonchev–Trinajstić information content (AvgIpc) is 2.03. The first-order valence-electron chi connectivity index (χ1n) is 5.69. The van der Waals surface area contributed by atoms with Crippen molar-refractivity contribution in [2.75, 3.05) is 0 Å². The molecule has 1 aliphatic carbocycles. The van der Waals surface area contributed by atoms with Crippen molar-refractivity contribution in [3.8, 4) is 0 Å². The lowest BCUT2D eigenvalue weighted by atomic mass is 9.98. The third-order valence-corrected chi connectivity index (χ3v) is 3.49. The van der Waals surface area contributed by atoms with Crippen molar-refractivity contribution in [3.05, 3.63) is 0 Å². The molecule has 1 saturated carbocycles. The summed E-state index contributed by atoms with van der Waals surface area (Å²) in [7, 11) is -1.55. The third-order valence-electron chi connectivity index (χ3n) is 2.49. The van der Waals surface area contributed by atoms with Crippen LogP contribution in [0.4, 0.5) is 0 Å². The molecule has 1 unspecified atom stereocenters. The van der Waals surface area contributed by atoms with Crippen molar-refractivity contribution in [3.63, 3.8) is 0 Å². The zero-order valence-electron chi connectivity index (χ0n) is 9.64. The van der Waals surface area contributed by atoms with Crippen molar-refractivity contribution in [1.29, 1.82) is 0 Å². The highest BCUT2D eigenvalue weighted by atomic mass is 28.4. The van der Waals surface area contributed by atoms with E-state index in [1.165, 1.54) is 12.8 Å². The van der Waals surface area contributed by atoms with Gasteiger partial charge in [-0.2, -0.15) is 0 Å². The van der Waals surface area contributed by atoms with Crippen LogP contribution in [0.15, 0.2) is 0 Å². The summed E-state index contributed by atoms with van der Waals surface area (Å²) < 4.78 is 5.92. The number of carbonyl (C=O) groups is 1. The molecule has 0 aliphatic heterocycles. The van der Waals surface area contributed by atoms with Crippen LogP contribution in [-0.4, -0.2) is 20.2 Å². The smallest absolute Gasteiger partial charge is 0.184 e. The molecule has 1 atom stereocenters. The highest BCUT2D eigenvalue weighted by Crippen LogP contribution is 2.20. The van der Waals surface area contributed by atoms with E-state index in [9.17, 15) is 4.79 Å². The van der Waals surface area contributed by atoms with Gasteiger partial charge in [0, 0.05) is 6.42 Å². The van der Waals surface area contributed by atoms with Gasteiger partial charge in [-0.05, 0) is 32.5 Å². The number of carbonyl (C=O) groups excluding carboxylic acids is 1. The fraction of sp³-hybridized carbons (Fsp3) is 0.909. The molecule has 0 heterocycles. The Morgan fingerprint density at radius 2 is 1.79 bits per heavy atom. The highest BCUT2D eigenvalue weighted by Gasteiger charge is 2.26. The minimum Gasteiger partial charge on any atom is -0.408 e. The van der Waals surface area contributed by atoms with Crippen LogP contribution >= 0.6 is 0 Å². The molecule has 0 aromatic heterocycles. The summed E-state index contributed by atoms with van der Waals surface area (Å²) in [6, 6.07) is 0. The minimum atomic E-state index is -1.55. The number of rotatable bonds is 2. The predicted molar refractivity (Wildman–Crippen MR) is 60.9 cm³/mol. The SMILES string of the molecule is C[Si](C)(C)OC1CCCCCCC1=O. The Morgan fingerprint density at radius 3 is 2.43 bits per heavy atom. The molecular weight excluding hydrogens is 192 g/mol. The zero-order chi connectivity index (χ0) is 10.6. The molecule has 14 heavy (non-hydrogen) atoms. The minimum absolute atomic E-state index is 0.0815. The molecule has 0 aromatic rings. The van der Waals surface area contributed by atoms with Gasteiger partial charge in [0.1, 0.15) is 6.10 Å². The molecule has 0 N–H and O–H groups in total. The summed E-state index contributed by atoms with van der Waals surface area (Å²) in [6.45, 7) is 6.46. The topological polar surface area (TPSA) is 26.3 Å². The first-order valence-corrected chi connectivity index (χ1v) is 9.10. The van der Waals surface area contributed by atoms with Gasteiger partial charge < -0.3 is 4.43 Å². The Morgan fingerprint density at radius 1 is 1.14 bits per heavy atom. The van der Waals surface area contributed by atoms with Gasteiger partial charge in [0.15, 0.2) is 14.1 Å². The Balaban J connectivity index is 2.50. The standard InChI is InChI=1S/C11H22O2Si/c1-14(2,3)13-11-9-7-5-4-6-8-10(11)12/h11H,4-9H2,1-3H3. The molecule has 1 rings (SSSR count). The van der Waals surface area contributed by atoms with Gasteiger partial charge >= 0.3 is 0 Å². The van der Waals surface area contributed by atoms with Crippen molar-refractivity contribution in [2.45, 2.75) is 64.3 Å². The first-order chi connectivity index (χ1) is 6.49. The summed E-state index contributed by atoms with van der Waals surface area (Å²) in [5.74, 6) is 0.340. The molecule has 82 valence electrons. The Bertz CT molecular complexity index is 196. The molecule has 1 aliphatic rings. The van der Waals surface area contributed by atoms with Gasteiger partial charge in [-0.15, -0.1) is 0 Å². The maximum absolute atomic E-state index is 11.7. The summed E-state index contributed by atoms with van der Waals surface area (Å²) in [6.07, 6.45) is 6.29. The van der Waals surface area contributed by atoms with E-state index in [-0.39, 0.29) is 6.10 Å². The van der Waals surface area contributed by atoms with E-state index in [2.05, 4.69) is 19.6 Å². The van der Waals surface area contributed by atoms with E-state index in [1.807, 2.05) is 0 Å². The molecule has 1 fully saturated rings. The van der Waals surface area contributed by atoms with Gasteiger partial charge in [-0.3, -0.25) is 4.79 Å². The lowest BCUT2D eigenvalue weighted by Gasteiger charge is -2.26. The molecule has 0 spiro atoms. The normalized spacial score (nSPS) is 25.6. The van der Waals surface area contributed by atoms with E-state index in [1.54, 1.807) is 0 Å². The lowest BCUT2D eigenvalue weighted by molar-refractivity contribution is -0.127. The predicted octanol–water partition coefficient (Wildman–Crippen LogP) is 3.13. The lowest BCUT2D eigenvalue weighted by Crippen LogP contribution is -2.37. The number of Topliss-reactive ketones (excluding diaryl/α,β-unsaturated/α-hetero) is 1. The molecule has 0 amide bonds. The molecular formula is C11H22O2Si. The number of hydrogen-bond donors (Lipinski definition) is 0. The molecule has 0 saturated heterocycles. The fourth-order valence-electron chi connectivity index (χ4n) is 1.86. The maximum Gasteiger partial charge on any atom is 0.184 e. The molecule has 2 nitrogen and oxygen atoms in total. The van der Waals surface area contributed by atoms with E-state index < -0.39 is 8.32 Å². The summed E-state index contributed by atoms with van der Waals surface area (Å²) in [5, 5.41) is 0. The Hall–Kier alpha value is -0.153. The van der Waals surface area contributed by atoms with Gasteiger partial charge in [0.2, 0.25) is 0 Å². The van der Waals surface area contributed by atoms with Crippen LogP contribution in [0.3, 0.4) is 0 Å². The highest BCUT2D eigenvalue weighted by molar-refractivity contribution is 6.69. The molecule has 0 bridgehead atoms. The van der Waals surface area contributed by atoms with Crippen molar-refractivity contribution < 1.29 is 9.22 Å². The van der Waals surface area contributed by atoms with Crippen LogP contribution in [0, 0.1) is 0 Å². The molecule has 0 radical (unpaired) electrons. The maximum atomic E-state index is 11.7. The summed E-state index contributed by atoms with van der Waals surface area (Å²) >= 11 is 0. The van der Waals surface area contributed by atoms with Gasteiger partial charge in [0.25, 0.3) is 0 Å². The van der Waals surface area contributed by atoms with E-state index in [4.69, 9.17) is 4.43 Å². The second kappa shape index (κ2) is 5.08. The Kier molecular flexibility index (Phi) is 4.32. The first kappa shape index (κ1) is 11.9. The van der Waals surface area contributed by atoms with Crippen LogP contribution in [-0.2, 0) is 9.22 Å². The van der Waals surface area contributed by atoms with Crippen LogP contribution < -0.4 is 0 Å². The second-order valence-corrected chi connectivity index (χ2v) is 9.60. The fourth-order valence-corrected chi connectivity index (χ4v) is 2.96. The largest absolute Gasteiger partial charge is 0.408 e. The van der Waals surface area contributed by atoms with Gasteiger partial charge in [-0.1, -0.05) is 19.3 Å². The van der Waals surface area contributed by atoms with Crippen LogP contribution in [0.1, 0.15) is 38.5 Å². The van der Waals surface area contributed by atoms with E-state index >= 15 is 0 Å². The van der Waals surface area contributed by atoms with Crippen LogP contribution in [0.2, 0.25) is 19.6 Å². The number of hydrogen-bond acceptors (Lipinski definition) is 2. The van der Waals surface area contributed by atoms with Crippen molar-refractivity contribution in [2.24, 2.45) is 0 Å². The third kappa shape index (κ3) is 4.38. The number of ketones is 1. The van der Waals surface area contributed by atoms with Crippen LogP contribution in [0.5, 0.6) is 0 Å². The van der Waals surface area contributed by atoms with Gasteiger partial charge in [-0.25, -0.2) is 0 Å². The Labute approximate surface area is 88.2 Å². The molecule has 0 aromatic carbocycles. The van der Waals surface area contributed by atoms with E-state index in [0.717, 1.165) is 25.7 Å². The molecule has 3 heteroatoms. The monoisotopic (exact) mass is 214 g/mol. The average molecular weight is 214 g/mol. The summed E-state index contributed by atoms with van der Waals surface area (Å²) in [5.41, 5.74) is 0. The van der Waals surface area contributed by atoms with Crippen molar-refractivity contribution >= 4 is 14.1 Å². The zero-order valence-corrected chi connectivity index (χ0v) is 10.6. The summed E-state index contributed by atoms with van der Waals surface area (Å²) in [4.78, 5) is 11.7. The van der Waals surface area contributed by atoms with Crippen LogP contribution in [0.25, 0.3) is 0 Å². The second-order valence-electron chi connectivity index (χ2n) is 5.14. The van der Waals surface area contributed by atoms with Crippen molar-refractivity contribution in [1.82, 2.24) is 0 Å². The van der Waals surface area contributed by atoms with E-state index in [0.29, 0.717) is 5.78 Å².